The van der Waals surface area contributed by atoms with E-state index in [4.69, 9.17) is 11.6 Å². The first kappa shape index (κ1) is 13.5. The van der Waals surface area contributed by atoms with Crippen LogP contribution in [0.5, 0.6) is 0 Å². The Morgan fingerprint density at radius 2 is 2.18 bits per heavy atom. The maximum atomic E-state index is 14.3. The summed E-state index contributed by atoms with van der Waals surface area (Å²) in [6.45, 7) is 0. The molecule has 0 amide bonds. The predicted octanol–water partition coefficient (Wildman–Crippen LogP) is 4.19. The second-order valence-corrected chi connectivity index (χ2v) is 6.15. The van der Waals surface area contributed by atoms with Crippen LogP contribution in [0.4, 0.5) is 10.3 Å². The number of nitrogens with zero attached hydrogens (tertiary/aromatic N) is 3. The highest BCUT2D eigenvalue weighted by molar-refractivity contribution is 7.11. The molecule has 4 nitrogen and oxygen atoms in total. The quantitative estimate of drug-likeness (QED) is 0.765. The summed E-state index contributed by atoms with van der Waals surface area (Å²) in [5, 5.41) is 9.76. The van der Waals surface area contributed by atoms with Gasteiger partial charge in [-0.2, -0.15) is 10.1 Å². The van der Waals surface area contributed by atoms with Gasteiger partial charge in [0.25, 0.3) is 0 Å². The van der Waals surface area contributed by atoms with Crippen LogP contribution in [-0.2, 0) is 0 Å². The van der Waals surface area contributed by atoms with E-state index in [1.807, 2.05) is 23.6 Å². The van der Waals surface area contributed by atoms with Crippen molar-refractivity contribution < 1.29 is 4.39 Å². The number of allylic oxidation sites excluding steroid dienone is 1. The number of thiophene rings is 1. The molecule has 0 fully saturated rings. The van der Waals surface area contributed by atoms with Crippen LogP contribution in [-0.4, -0.2) is 14.8 Å². The molecular formula is C15H10ClFN4S. The molecule has 1 aliphatic rings. The fourth-order valence-corrected chi connectivity index (χ4v) is 3.49. The molecule has 0 unspecified atom stereocenters. The smallest absolute Gasteiger partial charge is 0.226 e. The Kier molecular flexibility index (Phi) is 3.20. The summed E-state index contributed by atoms with van der Waals surface area (Å²) in [6.07, 6.45) is 3.35. The summed E-state index contributed by atoms with van der Waals surface area (Å²) in [7, 11) is 0. The molecule has 110 valence electrons. The van der Waals surface area contributed by atoms with Crippen molar-refractivity contribution in [3.8, 4) is 0 Å². The van der Waals surface area contributed by atoms with E-state index in [-0.39, 0.29) is 5.82 Å². The van der Waals surface area contributed by atoms with Crippen LogP contribution in [0.25, 0.3) is 5.70 Å². The van der Waals surface area contributed by atoms with E-state index in [0.717, 1.165) is 10.6 Å². The van der Waals surface area contributed by atoms with Crippen molar-refractivity contribution >= 4 is 34.6 Å². The van der Waals surface area contributed by atoms with Crippen molar-refractivity contribution in [1.82, 2.24) is 14.8 Å². The predicted molar refractivity (Wildman–Crippen MR) is 85.5 cm³/mol. The average Bonchev–Trinajstić information content (AvgIpc) is 3.18. The molecule has 22 heavy (non-hydrogen) atoms. The van der Waals surface area contributed by atoms with Crippen molar-refractivity contribution in [2.24, 2.45) is 0 Å². The number of nitrogens with one attached hydrogen (secondary N) is 1. The molecule has 2 aromatic heterocycles. The summed E-state index contributed by atoms with van der Waals surface area (Å²) >= 11 is 7.82. The van der Waals surface area contributed by atoms with Gasteiger partial charge in [0.1, 0.15) is 18.2 Å². The molecule has 0 saturated heterocycles. The number of rotatable bonds is 2. The second kappa shape index (κ2) is 5.23. The minimum Gasteiger partial charge on any atom is -0.323 e. The molecule has 0 spiro atoms. The van der Waals surface area contributed by atoms with Crippen LogP contribution in [0, 0.1) is 5.82 Å². The van der Waals surface area contributed by atoms with E-state index < -0.39 is 6.04 Å². The minimum absolute atomic E-state index is 0.359. The van der Waals surface area contributed by atoms with Gasteiger partial charge in [-0.15, -0.1) is 11.3 Å². The molecule has 1 aromatic carbocycles. The molecule has 1 N–H and O–H groups in total. The first-order chi connectivity index (χ1) is 10.7. The van der Waals surface area contributed by atoms with Gasteiger partial charge in [-0.25, -0.2) is 9.07 Å². The molecule has 0 bridgehead atoms. The third-order valence-corrected chi connectivity index (χ3v) is 4.72. The number of hydrogen-bond acceptors (Lipinski definition) is 4. The first-order valence-electron chi connectivity index (χ1n) is 6.60. The van der Waals surface area contributed by atoms with Crippen LogP contribution in [0.15, 0.2) is 48.1 Å². The molecular weight excluding hydrogens is 323 g/mol. The van der Waals surface area contributed by atoms with Crippen molar-refractivity contribution in [3.63, 3.8) is 0 Å². The number of anilines is 1. The highest BCUT2D eigenvalue weighted by atomic mass is 35.5. The van der Waals surface area contributed by atoms with E-state index in [2.05, 4.69) is 15.4 Å². The first-order valence-corrected chi connectivity index (χ1v) is 7.86. The molecule has 7 heteroatoms. The summed E-state index contributed by atoms with van der Waals surface area (Å²) in [5.74, 6) is 0.206. The highest BCUT2D eigenvalue weighted by Crippen LogP contribution is 2.36. The minimum atomic E-state index is -0.440. The average molecular weight is 333 g/mol. The standard InChI is InChI=1S/C15H10ClFN4S/c16-9-3-1-4-10(17)14(9)12-7-11(13-5-2-6-22-13)20-15-18-8-19-21(12)15/h1-8,12H,(H,18,19,20)/t12-/m0/s1. The lowest BCUT2D eigenvalue weighted by Crippen LogP contribution is -2.21. The highest BCUT2D eigenvalue weighted by Gasteiger charge is 2.27. The zero-order chi connectivity index (χ0) is 15.1. The molecule has 1 atom stereocenters. The summed E-state index contributed by atoms with van der Waals surface area (Å²) in [5.41, 5.74) is 1.27. The van der Waals surface area contributed by atoms with Gasteiger partial charge in [-0.1, -0.05) is 23.7 Å². The normalized spacial score (nSPS) is 16.8. The number of benzene rings is 1. The van der Waals surface area contributed by atoms with Gasteiger partial charge >= 0.3 is 0 Å². The Hall–Kier alpha value is -2.18. The Morgan fingerprint density at radius 1 is 1.27 bits per heavy atom. The van der Waals surface area contributed by atoms with Gasteiger partial charge in [0, 0.05) is 10.6 Å². The summed E-state index contributed by atoms with van der Waals surface area (Å²) < 4.78 is 15.9. The fourth-order valence-electron chi connectivity index (χ4n) is 2.51. The van der Waals surface area contributed by atoms with Crippen LogP contribution in [0.1, 0.15) is 16.5 Å². The molecule has 4 rings (SSSR count). The number of hydrogen-bond donors (Lipinski definition) is 1. The Morgan fingerprint density at radius 3 is 2.95 bits per heavy atom. The SMILES string of the molecule is Fc1cccc(Cl)c1[C@@H]1C=C(c2cccs2)Nc2ncnn21. The van der Waals surface area contributed by atoms with Crippen LogP contribution < -0.4 is 5.32 Å². The lowest BCUT2D eigenvalue weighted by atomic mass is 10.0. The van der Waals surface area contributed by atoms with Gasteiger partial charge in [-0.3, -0.25) is 0 Å². The zero-order valence-corrected chi connectivity index (χ0v) is 12.8. The van der Waals surface area contributed by atoms with E-state index >= 15 is 0 Å². The third kappa shape index (κ3) is 2.12. The van der Waals surface area contributed by atoms with Crippen LogP contribution in [0.2, 0.25) is 5.02 Å². The number of aromatic nitrogens is 3. The molecule has 0 saturated carbocycles. The number of halogens is 2. The van der Waals surface area contributed by atoms with E-state index in [1.54, 1.807) is 28.2 Å². The maximum Gasteiger partial charge on any atom is 0.226 e. The van der Waals surface area contributed by atoms with Crippen LogP contribution in [0.3, 0.4) is 0 Å². The zero-order valence-electron chi connectivity index (χ0n) is 11.2. The second-order valence-electron chi connectivity index (χ2n) is 4.79. The van der Waals surface area contributed by atoms with E-state index in [9.17, 15) is 4.39 Å². The lowest BCUT2D eigenvalue weighted by molar-refractivity contribution is 0.552. The van der Waals surface area contributed by atoms with Crippen molar-refractivity contribution in [3.05, 3.63) is 69.4 Å². The van der Waals surface area contributed by atoms with Gasteiger partial charge in [0.15, 0.2) is 0 Å². The van der Waals surface area contributed by atoms with Crippen molar-refractivity contribution in [2.45, 2.75) is 6.04 Å². The fraction of sp³-hybridized carbons (Fsp3) is 0.0667. The topological polar surface area (TPSA) is 42.7 Å². The molecule has 0 aliphatic carbocycles. The van der Waals surface area contributed by atoms with Gasteiger partial charge in [-0.05, 0) is 29.7 Å². The van der Waals surface area contributed by atoms with Crippen molar-refractivity contribution in [1.29, 1.82) is 0 Å². The molecule has 1 aliphatic heterocycles. The summed E-state index contributed by atoms with van der Waals surface area (Å²) in [4.78, 5) is 5.24. The van der Waals surface area contributed by atoms with Crippen LogP contribution >= 0.6 is 22.9 Å². The molecule has 3 aromatic rings. The Labute approximate surface area is 134 Å². The largest absolute Gasteiger partial charge is 0.323 e. The van der Waals surface area contributed by atoms with Gasteiger partial charge < -0.3 is 5.32 Å². The number of fused-ring (bicyclic) bond motifs is 1. The van der Waals surface area contributed by atoms with E-state index in [1.165, 1.54) is 12.4 Å². The molecule has 0 radical (unpaired) electrons. The van der Waals surface area contributed by atoms with Gasteiger partial charge in [0.05, 0.1) is 10.6 Å². The molecule has 3 heterocycles. The van der Waals surface area contributed by atoms with Crippen molar-refractivity contribution in [2.75, 3.05) is 5.32 Å². The Bertz CT molecular complexity index is 836. The Balaban J connectivity index is 1.90. The summed E-state index contributed by atoms with van der Waals surface area (Å²) in [6, 6.07) is 8.19. The maximum absolute atomic E-state index is 14.3. The third-order valence-electron chi connectivity index (χ3n) is 3.49. The van der Waals surface area contributed by atoms with Gasteiger partial charge in [0.2, 0.25) is 5.95 Å². The monoisotopic (exact) mass is 332 g/mol. The lowest BCUT2D eigenvalue weighted by Gasteiger charge is -2.24. The van der Waals surface area contributed by atoms with E-state index in [0.29, 0.717) is 16.5 Å².